The summed E-state index contributed by atoms with van der Waals surface area (Å²) in [7, 11) is 0. The number of anilines is 1. The van der Waals surface area contributed by atoms with Crippen LogP contribution >= 0.6 is 11.3 Å². The number of halogens is 1. The van der Waals surface area contributed by atoms with Gasteiger partial charge in [0, 0.05) is 23.8 Å². The average molecular weight is 454 g/mol. The Morgan fingerprint density at radius 2 is 1.97 bits per heavy atom. The fourth-order valence-electron chi connectivity index (χ4n) is 3.65. The number of nitrogens with one attached hydrogen (secondary N) is 2. The van der Waals surface area contributed by atoms with Crippen molar-refractivity contribution in [2.75, 3.05) is 5.32 Å². The van der Waals surface area contributed by atoms with Gasteiger partial charge < -0.3 is 15.4 Å². The van der Waals surface area contributed by atoms with Crippen LogP contribution in [0.1, 0.15) is 46.1 Å². The van der Waals surface area contributed by atoms with Gasteiger partial charge in [-0.1, -0.05) is 6.07 Å². The number of carbonyl (C=O) groups excluding carboxylic acids is 2. The second-order valence-electron chi connectivity index (χ2n) is 7.66. The summed E-state index contributed by atoms with van der Waals surface area (Å²) < 4.78 is 18.7. The molecule has 1 atom stereocenters. The van der Waals surface area contributed by atoms with E-state index in [-0.39, 0.29) is 17.6 Å². The maximum absolute atomic E-state index is 13.1. The second-order valence-corrected chi connectivity index (χ2v) is 8.77. The highest BCUT2D eigenvalue weighted by Crippen LogP contribution is 2.38. The van der Waals surface area contributed by atoms with Crippen LogP contribution in [0.2, 0.25) is 0 Å². The summed E-state index contributed by atoms with van der Waals surface area (Å²) in [6.07, 6.45) is 6.39. The lowest BCUT2D eigenvalue weighted by atomic mass is 9.95. The molecule has 6 nitrogen and oxygen atoms in total. The van der Waals surface area contributed by atoms with Gasteiger partial charge in [-0.25, -0.2) is 4.39 Å². The number of thiophene rings is 1. The molecule has 0 spiro atoms. The van der Waals surface area contributed by atoms with Crippen LogP contribution < -0.4 is 15.4 Å². The first-order chi connectivity index (χ1) is 15.5. The van der Waals surface area contributed by atoms with Crippen LogP contribution in [0.3, 0.4) is 0 Å². The number of rotatable bonds is 7. The summed E-state index contributed by atoms with van der Waals surface area (Å²) in [5, 5.41) is 6.38. The summed E-state index contributed by atoms with van der Waals surface area (Å²) >= 11 is 1.46. The Kier molecular flexibility index (Phi) is 6.80. The molecule has 1 aromatic carbocycles. The van der Waals surface area contributed by atoms with Gasteiger partial charge >= 0.3 is 0 Å². The highest BCUT2D eigenvalue weighted by molar-refractivity contribution is 7.17. The predicted molar refractivity (Wildman–Crippen MR) is 121 cm³/mol. The molecular formula is C24H24FN3O3S. The van der Waals surface area contributed by atoms with E-state index in [2.05, 4.69) is 15.6 Å². The largest absolute Gasteiger partial charge is 0.481 e. The van der Waals surface area contributed by atoms with Gasteiger partial charge in [-0.15, -0.1) is 11.3 Å². The Morgan fingerprint density at radius 1 is 1.19 bits per heavy atom. The van der Waals surface area contributed by atoms with Gasteiger partial charge in [0.2, 0.25) is 0 Å². The van der Waals surface area contributed by atoms with Crippen molar-refractivity contribution in [3.63, 3.8) is 0 Å². The number of benzene rings is 1. The normalized spacial score (nSPS) is 13.7. The Bertz CT molecular complexity index is 1100. The molecule has 4 rings (SSSR count). The van der Waals surface area contributed by atoms with Gasteiger partial charge in [-0.05, 0) is 74.1 Å². The third-order valence-electron chi connectivity index (χ3n) is 5.31. The SMILES string of the molecule is C[C@@H](Oc1ccc(F)cc1)C(=O)Nc1sc2c(c1C(=O)NCc1cccnc1)CCCC2. The summed E-state index contributed by atoms with van der Waals surface area (Å²) in [5.74, 6) is -0.556. The molecule has 2 N–H and O–H groups in total. The quantitative estimate of drug-likeness (QED) is 0.552. The molecule has 32 heavy (non-hydrogen) atoms. The van der Waals surface area contributed by atoms with Crippen molar-refractivity contribution in [3.05, 3.63) is 76.2 Å². The van der Waals surface area contributed by atoms with E-state index in [1.807, 2.05) is 12.1 Å². The van der Waals surface area contributed by atoms with Crippen LogP contribution in [0.25, 0.3) is 0 Å². The first-order valence-corrected chi connectivity index (χ1v) is 11.4. The number of aryl methyl sites for hydroxylation is 1. The molecule has 1 aliphatic carbocycles. The number of aromatic nitrogens is 1. The zero-order valence-electron chi connectivity index (χ0n) is 17.7. The number of pyridine rings is 1. The lowest BCUT2D eigenvalue weighted by Crippen LogP contribution is -2.31. The number of carbonyl (C=O) groups is 2. The Hall–Kier alpha value is -3.26. The first kappa shape index (κ1) is 22.0. The minimum atomic E-state index is -0.814. The second kappa shape index (κ2) is 9.91. The van der Waals surface area contributed by atoms with Crippen molar-refractivity contribution in [1.29, 1.82) is 0 Å². The Labute approximate surface area is 189 Å². The summed E-state index contributed by atoms with van der Waals surface area (Å²) in [6.45, 7) is 1.98. The third-order valence-corrected chi connectivity index (χ3v) is 6.51. The van der Waals surface area contributed by atoms with Crippen LogP contribution in [0.15, 0.2) is 48.8 Å². The molecule has 2 aromatic heterocycles. The van der Waals surface area contributed by atoms with E-state index < -0.39 is 6.10 Å². The Balaban J connectivity index is 1.50. The van der Waals surface area contributed by atoms with Gasteiger partial charge in [-0.3, -0.25) is 14.6 Å². The van der Waals surface area contributed by atoms with Crippen molar-refractivity contribution >= 4 is 28.2 Å². The summed E-state index contributed by atoms with van der Waals surface area (Å²) in [5.41, 5.74) is 2.46. The zero-order chi connectivity index (χ0) is 22.5. The van der Waals surface area contributed by atoms with Crippen molar-refractivity contribution in [2.24, 2.45) is 0 Å². The molecule has 3 aromatic rings. The van der Waals surface area contributed by atoms with Crippen molar-refractivity contribution < 1.29 is 18.7 Å². The fraction of sp³-hybridized carbons (Fsp3) is 0.292. The molecule has 0 saturated carbocycles. The number of nitrogens with zero attached hydrogens (tertiary/aromatic N) is 1. The number of hydrogen-bond acceptors (Lipinski definition) is 5. The highest BCUT2D eigenvalue weighted by Gasteiger charge is 2.27. The lowest BCUT2D eigenvalue weighted by Gasteiger charge is -2.15. The van der Waals surface area contributed by atoms with Crippen LogP contribution in [-0.2, 0) is 24.2 Å². The van der Waals surface area contributed by atoms with Gasteiger partial charge in [-0.2, -0.15) is 0 Å². The minimum Gasteiger partial charge on any atom is -0.481 e. The van der Waals surface area contributed by atoms with Crippen LogP contribution in [0.5, 0.6) is 5.75 Å². The maximum Gasteiger partial charge on any atom is 0.265 e. The predicted octanol–water partition coefficient (Wildman–Crippen LogP) is 4.50. The van der Waals surface area contributed by atoms with E-state index in [1.54, 1.807) is 19.3 Å². The van der Waals surface area contributed by atoms with Crippen LogP contribution in [0, 0.1) is 5.82 Å². The average Bonchev–Trinajstić information content (AvgIpc) is 3.17. The molecule has 1 aliphatic rings. The summed E-state index contributed by atoms with van der Waals surface area (Å²) in [4.78, 5) is 31.1. The number of fused-ring (bicyclic) bond motifs is 1. The first-order valence-electron chi connectivity index (χ1n) is 10.6. The molecule has 8 heteroatoms. The highest BCUT2D eigenvalue weighted by atomic mass is 32.1. The molecule has 2 heterocycles. The number of ether oxygens (including phenoxy) is 1. The van der Waals surface area contributed by atoms with E-state index in [4.69, 9.17) is 4.74 Å². The molecule has 0 unspecified atom stereocenters. The van der Waals surface area contributed by atoms with E-state index in [1.165, 1.54) is 35.6 Å². The number of hydrogen-bond donors (Lipinski definition) is 2. The lowest BCUT2D eigenvalue weighted by molar-refractivity contribution is -0.122. The third kappa shape index (κ3) is 5.13. The number of amides is 2. The monoisotopic (exact) mass is 453 g/mol. The van der Waals surface area contributed by atoms with Gasteiger partial charge in [0.25, 0.3) is 11.8 Å². The van der Waals surface area contributed by atoms with E-state index in [9.17, 15) is 14.0 Å². The molecular weight excluding hydrogens is 429 g/mol. The van der Waals surface area contributed by atoms with Crippen LogP contribution in [0.4, 0.5) is 9.39 Å². The van der Waals surface area contributed by atoms with Crippen molar-refractivity contribution in [2.45, 2.75) is 45.3 Å². The molecule has 0 saturated heterocycles. The molecule has 2 amide bonds. The topological polar surface area (TPSA) is 80.3 Å². The van der Waals surface area contributed by atoms with Crippen molar-refractivity contribution in [1.82, 2.24) is 10.3 Å². The molecule has 0 radical (unpaired) electrons. The van der Waals surface area contributed by atoms with Crippen LogP contribution in [-0.4, -0.2) is 22.9 Å². The van der Waals surface area contributed by atoms with E-state index in [0.29, 0.717) is 22.9 Å². The zero-order valence-corrected chi connectivity index (χ0v) is 18.5. The standard InChI is InChI=1S/C24H24FN3O3S/c1-15(31-18-10-8-17(25)9-11-18)22(29)28-24-21(19-6-2-3-7-20(19)32-24)23(30)27-14-16-5-4-12-26-13-16/h4-5,8-13,15H,2-3,6-7,14H2,1H3,(H,27,30)(H,28,29)/t15-/m1/s1. The minimum absolute atomic E-state index is 0.212. The van der Waals surface area contributed by atoms with E-state index >= 15 is 0 Å². The van der Waals surface area contributed by atoms with E-state index in [0.717, 1.165) is 41.7 Å². The molecule has 166 valence electrons. The maximum atomic E-state index is 13.1. The smallest absolute Gasteiger partial charge is 0.265 e. The Morgan fingerprint density at radius 3 is 2.72 bits per heavy atom. The van der Waals surface area contributed by atoms with Gasteiger partial charge in [0.1, 0.15) is 16.6 Å². The molecule has 0 fully saturated rings. The fourth-order valence-corrected chi connectivity index (χ4v) is 4.94. The summed E-state index contributed by atoms with van der Waals surface area (Å²) in [6, 6.07) is 9.21. The van der Waals surface area contributed by atoms with Crippen molar-refractivity contribution in [3.8, 4) is 5.75 Å². The molecule has 0 aliphatic heterocycles. The molecule has 0 bridgehead atoms. The van der Waals surface area contributed by atoms with Gasteiger partial charge in [0.15, 0.2) is 6.10 Å². The van der Waals surface area contributed by atoms with Gasteiger partial charge in [0.05, 0.1) is 5.56 Å².